The number of thioether (sulfide) groups is 1. The summed E-state index contributed by atoms with van der Waals surface area (Å²) in [5.74, 6) is -0.207. The van der Waals surface area contributed by atoms with Crippen LogP contribution in [0.15, 0.2) is 59.1 Å². The molecule has 2 aromatic carbocycles. The summed E-state index contributed by atoms with van der Waals surface area (Å²) >= 11 is 4.38. The largest absolute Gasteiger partial charge is 0.365 e. The monoisotopic (exact) mass is 376 g/mol. The number of nitrogens with zero attached hydrogens (tertiary/aromatic N) is 1. The van der Waals surface area contributed by atoms with E-state index < -0.39 is 5.37 Å². The van der Waals surface area contributed by atoms with E-state index in [0.717, 1.165) is 27.5 Å². The molecule has 0 spiro atoms. The summed E-state index contributed by atoms with van der Waals surface area (Å²) in [5.41, 5.74) is 1.75. The fourth-order valence-electron chi connectivity index (χ4n) is 2.14. The molecule has 0 saturated carbocycles. The summed E-state index contributed by atoms with van der Waals surface area (Å²) in [6.07, 6.45) is 0. The fraction of sp³-hybridized carbons (Fsp3) is 0.125. The molecule has 0 unspecified atom stereocenters. The molecule has 4 nitrogen and oxygen atoms in total. The maximum absolute atomic E-state index is 12.4. The van der Waals surface area contributed by atoms with E-state index in [1.807, 2.05) is 54.6 Å². The van der Waals surface area contributed by atoms with Crippen molar-refractivity contribution in [2.75, 3.05) is 5.32 Å². The van der Waals surface area contributed by atoms with E-state index in [4.69, 9.17) is 0 Å². The van der Waals surface area contributed by atoms with Crippen molar-refractivity contribution in [3.63, 3.8) is 0 Å². The number of benzene rings is 2. The summed E-state index contributed by atoms with van der Waals surface area (Å²) in [5, 5.41) is 2.30. The minimum atomic E-state index is -0.572. The molecule has 1 aliphatic heterocycles. The fourth-order valence-corrected chi connectivity index (χ4v) is 3.31. The van der Waals surface area contributed by atoms with Gasteiger partial charge >= 0.3 is 0 Å². The Labute approximate surface area is 141 Å². The van der Waals surface area contributed by atoms with Gasteiger partial charge in [-0.25, -0.2) is 0 Å². The normalized spacial score (nSPS) is 17.9. The van der Waals surface area contributed by atoms with Crippen LogP contribution in [-0.4, -0.2) is 21.4 Å². The summed E-state index contributed by atoms with van der Waals surface area (Å²) in [6.45, 7) is 0.310. The van der Waals surface area contributed by atoms with Crippen molar-refractivity contribution < 1.29 is 9.59 Å². The lowest BCUT2D eigenvalue weighted by atomic mass is 10.2. The first kappa shape index (κ1) is 15.1. The highest BCUT2D eigenvalue weighted by molar-refractivity contribution is 9.10. The molecule has 3 rings (SSSR count). The van der Waals surface area contributed by atoms with Gasteiger partial charge in [0.15, 0.2) is 5.37 Å². The van der Waals surface area contributed by atoms with Gasteiger partial charge in [0.05, 0.1) is 6.54 Å². The van der Waals surface area contributed by atoms with Crippen molar-refractivity contribution in [1.82, 2.24) is 4.90 Å². The number of amides is 2. The molecule has 0 radical (unpaired) electrons. The number of hydrogen-bond donors (Lipinski definition) is 1. The van der Waals surface area contributed by atoms with Crippen LogP contribution in [0.25, 0.3) is 0 Å². The second-order valence-corrected chi connectivity index (χ2v) is 6.80. The van der Waals surface area contributed by atoms with E-state index >= 15 is 0 Å². The van der Waals surface area contributed by atoms with Gasteiger partial charge < -0.3 is 5.32 Å². The molecule has 0 aliphatic carbocycles. The number of hydrogen-bond acceptors (Lipinski definition) is 4. The summed E-state index contributed by atoms with van der Waals surface area (Å²) in [7, 11) is 0. The molecule has 0 aromatic heterocycles. The van der Waals surface area contributed by atoms with Gasteiger partial charge in [0.1, 0.15) is 0 Å². The van der Waals surface area contributed by atoms with Gasteiger partial charge in [-0.3, -0.25) is 14.5 Å². The zero-order chi connectivity index (χ0) is 15.5. The molecule has 1 atom stereocenters. The van der Waals surface area contributed by atoms with Crippen LogP contribution < -0.4 is 5.32 Å². The molecule has 1 aliphatic rings. The lowest BCUT2D eigenvalue weighted by Gasteiger charge is -2.15. The molecular weight excluding hydrogens is 364 g/mol. The highest BCUT2D eigenvalue weighted by Gasteiger charge is 2.39. The van der Waals surface area contributed by atoms with E-state index in [-0.39, 0.29) is 11.1 Å². The standard InChI is InChI=1S/C16H13BrN2O2S/c17-12-6-8-13(9-7-12)18-14-15(20)19(16(21)22-14)10-11-4-2-1-3-5-11/h1-9,14,18H,10H2/t14-/m1/s1. The van der Waals surface area contributed by atoms with E-state index in [0.29, 0.717) is 6.54 Å². The van der Waals surface area contributed by atoms with Crippen LogP contribution in [0.3, 0.4) is 0 Å². The first-order chi connectivity index (χ1) is 10.6. The van der Waals surface area contributed by atoms with Crippen molar-refractivity contribution in [1.29, 1.82) is 0 Å². The van der Waals surface area contributed by atoms with Gasteiger partial charge in [-0.05, 0) is 41.6 Å². The Balaban J connectivity index is 1.70. The molecular formula is C16H13BrN2O2S. The Morgan fingerprint density at radius 3 is 2.41 bits per heavy atom. The van der Waals surface area contributed by atoms with Crippen molar-refractivity contribution in [2.24, 2.45) is 0 Å². The summed E-state index contributed by atoms with van der Waals surface area (Å²) in [4.78, 5) is 25.8. The average molecular weight is 377 g/mol. The van der Waals surface area contributed by atoms with Crippen LogP contribution in [0.2, 0.25) is 0 Å². The average Bonchev–Trinajstić information content (AvgIpc) is 2.78. The maximum Gasteiger partial charge on any atom is 0.291 e. The van der Waals surface area contributed by atoms with E-state index in [1.165, 1.54) is 4.90 Å². The van der Waals surface area contributed by atoms with E-state index in [1.54, 1.807) is 0 Å². The smallest absolute Gasteiger partial charge is 0.291 e. The first-order valence-corrected chi connectivity index (χ1v) is 8.39. The lowest BCUT2D eigenvalue weighted by molar-refractivity contribution is -0.126. The number of rotatable bonds is 4. The number of imide groups is 1. The number of carbonyl (C=O) groups is 2. The molecule has 1 fully saturated rings. The molecule has 1 heterocycles. The molecule has 6 heteroatoms. The van der Waals surface area contributed by atoms with Crippen LogP contribution in [0.1, 0.15) is 5.56 Å². The van der Waals surface area contributed by atoms with E-state index in [2.05, 4.69) is 21.2 Å². The zero-order valence-corrected chi connectivity index (χ0v) is 13.9. The van der Waals surface area contributed by atoms with Crippen LogP contribution in [0.4, 0.5) is 10.5 Å². The van der Waals surface area contributed by atoms with Gasteiger partial charge in [0.2, 0.25) is 0 Å². The summed E-state index contributed by atoms with van der Waals surface area (Å²) in [6, 6.07) is 17.0. The van der Waals surface area contributed by atoms with Gasteiger partial charge in [-0.15, -0.1) is 0 Å². The second kappa shape index (κ2) is 6.54. The summed E-state index contributed by atoms with van der Waals surface area (Å²) < 4.78 is 0.963. The SMILES string of the molecule is O=C1S[C@@H](Nc2ccc(Br)cc2)C(=O)N1Cc1ccccc1. The molecule has 2 amide bonds. The van der Waals surface area contributed by atoms with Crippen molar-refractivity contribution in [2.45, 2.75) is 11.9 Å². The Morgan fingerprint density at radius 2 is 1.73 bits per heavy atom. The van der Waals surface area contributed by atoms with Gasteiger partial charge in [-0.2, -0.15) is 0 Å². The molecule has 112 valence electrons. The van der Waals surface area contributed by atoms with Gasteiger partial charge in [0.25, 0.3) is 11.1 Å². The third-order valence-electron chi connectivity index (χ3n) is 3.25. The molecule has 0 bridgehead atoms. The van der Waals surface area contributed by atoms with Gasteiger partial charge in [-0.1, -0.05) is 46.3 Å². The third kappa shape index (κ3) is 3.34. The Bertz CT molecular complexity index is 691. The third-order valence-corrected chi connectivity index (χ3v) is 4.76. The Hall–Kier alpha value is -1.79. The van der Waals surface area contributed by atoms with Crippen LogP contribution >= 0.6 is 27.7 Å². The number of anilines is 1. The number of nitrogens with one attached hydrogen (secondary N) is 1. The topological polar surface area (TPSA) is 49.4 Å². The molecule has 1 N–H and O–H groups in total. The predicted molar refractivity (Wildman–Crippen MR) is 91.5 cm³/mol. The predicted octanol–water partition coefficient (Wildman–Crippen LogP) is 4.08. The first-order valence-electron chi connectivity index (χ1n) is 6.71. The lowest BCUT2D eigenvalue weighted by Crippen LogP contribution is -2.33. The van der Waals surface area contributed by atoms with Crippen molar-refractivity contribution >= 4 is 44.5 Å². The Kier molecular flexibility index (Phi) is 4.49. The maximum atomic E-state index is 12.4. The second-order valence-electron chi connectivity index (χ2n) is 4.83. The molecule has 22 heavy (non-hydrogen) atoms. The zero-order valence-electron chi connectivity index (χ0n) is 11.5. The minimum absolute atomic E-state index is 0.207. The minimum Gasteiger partial charge on any atom is -0.365 e. The highest BCUT2D eigenvalue weighted by Crippen LogP contribution is 2.29. The molecule has 2 aromatic rings. The van der Waals surface area contributed by atoms with Crippen LogP contribution in [0.5, 0.6) is 0 Å². The van der Waals surface area contributed by atoms with Crippen molar-refractivity contribution in [3.8, 4) is 0 Å². The number of halogens is 1. The number of carbonyl (C=O) groups excluding carboxylic acids is 2. The van der Waals surface area contributed by atoms with Crippen LogP contribution in [-0.2, 0) is 11.3 Å². The molecule has 1 saturated heterocycles. The quantitative estimate of drug-likeness (QED) is 0.872. The Morgan fingerprint density at radius 1 is 1.05 bits per heavy atom. The van der Waals surface area contributed by atoms with Crippen molar-refractivity contribution in [3.05, 3.63) is 64.6 Å². The van der Waals surface area contributed by atoms with Crippen LogP contribution in [0, 0.1) is 0 Å². The van der Waals surface area contributed by atoms with Gasteiger partial charge in [0, 0.05) is 10.2 Å². The van der Waals surface area contributed by atoms with E-state index in [9.17, 15) is 9.59 Å². The highest BCUT2D eigenvalue weighted by atomic mass is 79.9.